The summed E-state index contributed by atoms with van der Waals surface area (Å²) in [5.41, 5.74) is 7.89. The van der Waals surface area contributed by atoms with Gasteiger partial charge in [0.15, 0.2) is 0 Å². The van der Waals surface area contributed by atoms with E-state index >= 15 is 0 Å². The standard InChI is InChI=1S/C14H11NOS.C10H13I/c1-16-11-8-6-10(7-9-11)14-15-12-4-2-3-5-13(12)17-14;1-6-5-10(11)9(4)8(3)7(6)2/h2-9H,1H3;5H,1-4H3. The Morgan fingerprint density at radius 2 is 1.54 bits per heavy atom. The van der Waals surface area contributed by atoms with Gasteiger partial charge in [-0.15, -0.1) is 11.3 Å². The van der Waals surface area contributed by atoms with Gasteiger partial charge in [0.25, 0.3) is 0 Å². The first kappa shape index (κ1) is 20.8. The number of rotatable bonds is 2. The maximum absolute atomic E-state index is 5.15. The fourth-order valence-electron chi connectivity index (χ4n) is 2.89. The van der Waals surface area contributed by atoms with Gasteiger partial charge < -0.3 is 4.74 Å². The van der Waals surface area contributed by atoms with Crippen LogP contribution in [0.1, 0.15) is 22.3 Å². The highest BCUT2D eigenvalue weighted by Crippen LogP contribution is 2.30. The van der Waals surface area contributed by atoms with E-state index in [-0.39, 0.29) is 0 Å². The van der Waals surface area contributed by atoms with Crippen molar-refractivity contribution < 1.29 is 4.74 Å². The predicted octanol–water partition coefficient (Wildman–Crippen LogP) is 7.50. The van der Waals surface area contributed by atoms with E-state index in [1.54, 1.807) is 18.4 Å². The number of methoxy groups -OCH3 is 1. The lowest BCUT2D eigenvalue weighted by atomic mass is 10.0. The smallest absolute Gasteiger partial charge is 0.124 e. The van der Waals surface area contributed by atoms with E-state index in [9.17, 15) is 0 Å². The molecule has 0 aliphatic rings. The minimum atomic E-state index is 0.870. The summed E-state index contributed by atoms with van der Waals surface area (Å²) in [6.07, 6.45) is 0. The van der Waals surface area contributed by atoms with Crippen LogP contribution in [-0.4, -0.2) is 12.1 Å². The van der Waals surface area contributed by atoms with Crippen molar-refractivity contribution in [2.75, 3.05) is 7.11 Å². The number of aryl methyl sites for hydroxylation is 1. The zero-order chi connectivity index (χ0) is 20.3. The van der Waals surface area contributed by atoms with Gasteiger partial charge in [-0.25, -0.2) is 4.98 Å². The summed E-state index contributed by atoms with van der Waals surface area (Å²) in [4.78, 5) is 4.62. The maximum atomic E-state index is 5.15. The largest absolute Gasteiger partial charge is 0.497 e. The van der Waals surface area contributed by atoms with E-state index in [4.69, 9.17) is 4.74 Å². The Bertz CT molecular complexity index is 1040. The number of ether oxygens (including phenoxy) is 1. The van der Waals surface area contributed by atoms with Gasteiger partial charge in [-0.1, -0.05) is 12.1 Å². The summed E-state index contributed by atoms with van der Waals surface area (Å²) >= 11 is 4.10. The molecule has 0 saturated carbocycles. The monoisotopic (exact) mass is 501 g/mol. The molecule has 4 rings (SSSR count). The van der Waals surface area contributed by atoms with E-state index in [0.29, 0.717) is 0 Å². The average molecular weight is 501 g/mol. The summed E-state index contributed by atoms with van der Waals surface area (Å²) in [6.45, 7) is 8.74. The van der Waals surface area contributed by atoms with Crippen molar-refractivity contribution in [1.82, 2.24) is 4.98 Å². The molecule has 4 aromatic rings. The SMILES string of the molecule is COc1ccc(-c2nc3ccccc3s2)cc1.Cc1cc(I)c(C)c(C)c1C. The Hall–Kier alpha value is -1.92. The zero-order valence-electron chi connectivity index (χ0n) is 16.8. The van der Waals surface area contributed by atoms with Crippen LogP contribution in [0.3, 0.4) is 0 Å². The van der Waals surface area contributed by atoms with Gasteiger partial charge in [-0.05, 0) is 115 Å². The zero-order valence-corrected chi connectivity index (χ0v) is 19.8. The van der Waals surface area contributed by atoms with Gasteiger partial charge >= 0.3 is 0 Å². The number of thiazole rings is 1. The number of hydrogen-bond acceptors (Lipinski definition) is 3. The molecule has 1 heterocycles. The minimum absolute atomic E-state index is 0.870. The summed E-state index contributed by atoms with van der Waals surface area (Å²) in [5, 5.41) is 1.05. The van der Waals surface area contributed by atoms with Crippen molar-refractivity contribution in [2.24, 2.45) is 0 Å². The first-order valence-electron chi connectivity index (χ1n) is 9.13. The third-order valence-corrected chi connectivity index (χ3v) is 7.25. The summed E-state index contributed by atoms with van der Waals surface area (Å²) in [5.74, 6) is 0.870. The van der Waals surface area contributed by atoms with Crippen LogP contribution >= 0.6 is 33.9 Å². The van der Waals surface area contributed by atoms with E-state index in [0.717, 1.165) is 21.8 Å². The second kappa shape index (κ2) is 9.05. The Morgan fingerprint density at radius 3 is 2.18 bits per heavy atom. The van der Waals surface area contributed by atoms with E-state index < -0.39 is 0 Å². The highest BCUT2D eigenvalue weighted by molar-refractivity contribution is 14.1. The van der Waals surface area contributed by atoms with Gasteiger partial charge in [0.1, 0.15) is 10.8 Å². The number of halogens is 1. The quantitative estimate of drug-likeness (QED) is 0.266. The third-order valence-electron chi connectivity index (χ3n) is 5.05. The number of para-hydroxylation sites is 1. The maximum Gasteiger partial charge on any atom is 0.124 e. The van der Waals surface area contributed by atoms with Crippen LogP contribution in [0, 0.1) is 31.3 Å². The highest BCUT2D eigenvalue weighted by Gasteiger charge is 2.05. The molecule has 2 nitrogen and oxygen atoms in total. The molecule has 0 atom stereocenters. The van der Waals surface area contributed by atoms with Gasteiger partial charge in [-0.2, -0.15) is 0 Å². The fraction of sp³-hybridized carbons (Fsp3) is 0.208. The van der Waals surface area contributed by atoms with Crippen molar-refractivity contribution in [3.05, 3.63) is 80.4 Å². The number of fused-ring (bicyclic) bond motifs is 1. The summed E-state index contributed by atoms with van der Waals surface area (Å²) < 4.78 is 7.75. The van der Waals surface area contributed by atoms with Gasteiger partial charge in [0.05, 0.1) is 17.3 Å². The summed E-state index contributed by atoms with van der Waals surface area (Å²) in [6, 6.07) is 18.4. The van der Waals surface area contributed by atoms with Gasteiger partial charge in [-0.3, -0.25) is 0 Å². The first-order chi connectivity index (χ1) is 13.4. The van der Waals surface area contributed by atoms with Gasteiger partial charge in [0, 0.05) is 9.13 Å². The number of aromatic nitrogens is 1. The number of hydrogen-bond donors (Lipinski definition) is 0. The average Bonchev–Trinajstić information content (AvgIpc) is 3.15. The molecule has 0 unspecified atom stereocenters. The van der Waals surface area contributed by atoms with Crippen LogP contribution in [0.25, 0.3) is 20.8 Å². The van der Waals surface area contributed by atoms with Crippen LogP contribution in [0.2, 0.25) is 0 Å². The van der Waals surface area contributed by atoms with Crippen LogP contribution in [0.4, 0.5) is 0 Å². The molecular weight excluding hydrogens is 477 g/mol. The Balaban J connectivity index is 0.000000178. The molecule has 144 valence electrons. The molecule has 0 aliphatic carbocycles. The third kappa shape index (κ3) is 4.55. The molecule has 0 fully saturated rings. The van der Waals surface area contributed by atoms with Crippen LogP contribution < -0.4 is 4.74 Å². The predicted molar refractivity (Wildman–Crippen MR) is 130 cm³/mol. The van der Waals surface area contributed by atoms with Gasteiger partial charge in [0.2, 0.25) is 0 Å². The minimum Gasteiger partial charge on any atom is -0.497 e. The molecule has 0 radical (unpaired) electrons. The Labute approximate surface area is 184 Å². The molecule has 28 heavy (non-hydrogen) atoms. The van der Waals surface area contributed by atoms with Crippen LogP contribution in [0.5, 0.6) is 5.75 Å². The second-order valence-corrected chi connectivity index (χ2v) is 8.96. The Morgan fingerprint density at radius 1 is 0.857 bits per heavy atom. The van der Waals surface area contributed by atoms with Crippen molar-refractivity contribution >= 4 is 44.1 Å². The van der Waals surface area contributed by atoms with Crippen molar-refractivity contribution in [1.29, 1.82) is 0 Å². The summed E-state index contributed by atoms with van der Waals surface area (Å²) in [7, 11) is 1.67. The second-order valence-electron chi connectivity index (χ2n) is 6.77. The molecular formula is C24H24INOS. The normalized spacial score (nSPS) is 10.5. The molecule has 0 amide bonds. The van der Waals surface area contributed by atoms with E-state index in [2.05, 4.69) is 67.4 Å². The van der Waals surface area contributed by atoms with Crippen LogP contribution in [-0.2, 0) is 0 Å². The van der Waals surface area contributed by atoms with Crippen molar-refractivity contribution in [3.8, 4) is 16.3 Å². The molecule has 0 bridgehead atoms. The number of nitrogens with zero attached hydrogens (tertiary/aromatic N) is 1. The first-order valence-corrected chi connectivity index (χ1v) is 11.0. The molecule has 0 N–H and O–H groups in total. The topological polar surface area (TPSA) is 22.1 Å². The fourth-order valence-corrected chi connectivity index (χ4v) is 4.73. The lowest BCUT2D eigenvalue weighted by molar-refractivity contribution is 0.415. The van der Waals surface area contributed by atoms with E-state index in [1.807, 2.05) is 42.5 Å². The van der Waals surface area contributed by atoms with E-state index in [1.165, 1.54) is 30.5 Å². The molecule has 0 spiro atoms. The van der Waals surface area contributed by atoms with Crippen molar-refractivity contribution in [3.63, 3.8) is 0 Å². The highest BCUT2D eigenvalue weighted by atomic mass is 127. The molecule has 3 aromatic carbocycles. The van der Waals surface area contributed by atoms with Crippen LogP contribution in [0.15, 0.2) is 54.6 Å². The molecule has 4 heteroatoms. The molecule has 0 aliphatic heterocycles. The lowest BCUT2D eigenvalue weighted by Gasteiger charge is -2.09. The number of benzene rings is 3. The Kier molecular flexibility index (Phi) is 6.73. The lowest BCUT2D eigenvalue weighted by Crippen LogP contribution is -1.93. The molecule has 0 saturated heterocycles. The molecule has 1 aromatic heterocycles. The van der Waals surface area contributed by atoms with Crippen molar-refractivity contribution in [2.45, 2.75) is 27.7 Å².